The van der Waals surface area contributed by atoms with Gasteiger partial charge in [-0.1, -0.05) is 23.5 Å². The molecule has 11 heteroatoms. The minimum atomic E-state index is -3.93. The third-order valence-corrected chi connectivity index (χ3v) is 7.71. The minimum Gasteiger partial charge on any atom is -0.497 e. The third-order valence-electron chi connectivity index (χ3n) is 4.90. The Kier molecular flexibility index (Phi) is 5.99. The molecular weight excluding hydrogens is 443 g/mol. The molecule has 8 nitrogen and oxygen atoms in total. The van der Waals surface area contributed by atoms with Gasteiger partial charge in [0, 0.05) is 12.1 Å². The molecule has 2 heterocycles. The van der Waals surface area contributed by atoms with Crippen molar-refractivity contribution in [1.82, 2.24) is 14.5 Å². The van der Waals surface area contributed by atoms with Crippen molar-refractivity contribution in [1.29, 1.82) is 0 Å². The molecule has 1 aromatic heterocycles. The van der Waals surface area contributed by atoms with E-state index in [-0.39, 0.29) is 16.6 Å². The van der Waals surface area contributed by atoms with Crippen LogP contribution >= 0.6 is 11.3 Å². The molecule has 0 bridgehead atoms. The molecular formula is C20H19FN4O4S2. The summed E-state index contributed by atoms with van der Waals surface area (Å²) in [5, 5.41) is 11.6. The smallest absolute Gasteiger partial charge is 0.244 e. The summed E-state index contributed by atoms with van der Waals surface area (Å²) in [5.74, 6) is -0.333. The lowest BCUT2D eigenvalue weighted by Gasteiger charge is -2.22. The first-order chi connectivity index (χ1) is 14.9. The molecule has 0 aliphatic carbocycles. The Labute approximate surface area is 182 Å². The van der Waals surface area contributed by atoms with Crippen molar-refractivity contribution < 1.29 is 22.3 Å². The van der Waals surface area contributed by atoms with E-state index in [0.717, 1.165) is 22.0 Å². The van der Waals surface area contributed by atoms with Crippen LogP contribution in [0.15, 0.2) is 53.4 Å². The van der Waals surface area contributed by atoms with Crippen molar-refractivity contribution >= 4 is 32.4 Å². The first kappa shape index (κ1) is 21.3. The summed E-state index contributed by atoms with van der Waals surface area (Å²) in [6.07, 6.45) is 0.928. The van der Waals surface area contributed by atoms with Crippen LogP contribution in [-0.4, -0.2) is 48.5 Å². The van der Waals surface area contributed by atoms with Gasteiger partial charge in [-0.25, -0.2) is 12.8 Å². The van der Waals surface area contributed by atoms with E-state index in [2.05, 4.69) is 15.5 Å². The van der Waals surface area contributed by atoms with E-state index in [1.807, 2.05) is 18.2 Å². The fourth-order valence-corrected chi connectivity index (χ4v) is 5.77. The van der Waals surface area contributed by atoms with Crippen molar-refractivity contribution in [3.63, 3.8) is 0 Å². The van der Waals surface area contributed by atoms with E-state index in [4.69, 9.17) is 4.74 Å². The molecule has 0 radical (unpaired) electrons. The Hall–Kier alpha value is -2.89. The maximum Gasteiger partial charge on any atom is 0.244 e. The number of carbonyl (C=O) groups is 1. The van der Waals surface area contributed by atoms with Gasteiger partial charge < -0.3 is 4.74 Å². The van der Waals surface area contributed by atoms with E-state index in [1.165, 1.54) is 23.5 Å². The molecule has 0 saturated carbocycles. The summed E-state index contributed by atoms with van der Waals surface area (Å²) in [6, 6.07) is 11.0. The van der Waals surface area contributed by atoms with Gasteiger partial charge in [-0.3, -0.25) is 10.1 Å². The second-order valence-electron chi connectivity index (χ2n) is 6.86. The van der Waals surface area contributed by atoms with Gasteiger partial charge in [0.1, 0.15) is 22.6 Å². The molecule has 3 aromatic rings. The van der Waals surface area contributed by atoms with Crippen LogP contribution in [0.1, 0.15) is 12.8 Å². The summed E-state index contributed by atoms with van der Waals surface area (Å²) < 4.78 is 45.4. The highest BCUT2D eigenvalue weighted by Crippen LogP contribution is 2.30. The van der Waals surface area contributed by atoms with Crippen LogP contribution < -0.4 is 10.1 Å². The summed E-state index contributed by atoms with van der Waals surface area (Å²) >= 11 is 1.18. The molecule has 1 saturated heterocycles. The van der Waals surface area contributed by atoms with Crippen LogP contribution in [0.4, 0.5) is 9.52 Å². The molecule has 31 heavy (non-hydrogen) atoms. The molecule has 1 fully saturated rings. The van der Waals surface area contributed by atoms with Crippen molar-refractivity contribution in [3.05, 3.63) is 54.3 Å². The highest BCUT2D eigenvalue weighted by molar-refractivity contribution is 7.89. The topological polar surface area (TPSA) is 101 Å². The van der Waals surface area contributed by atoms with E-state index in [0.29, 0.717) is 23.6 Å². The largest absolute Gasteiger partial charge is 0.497 e. The molecule has 1 atom stereocenters. The van der Waals surface area contributed by atoms with E-state index in [1.54, 1.807) is 13.2 Å². The Morgan fingerprint density at radius 3 is 2.74 bits per heavy atom. The number of halogens is 1. The number of anilines is 1. The molecule has 1 N–H and O–H groups in total. The predicted molar refractivity (Wildman–Crippen MR) is 114 cm³/mol. The lowest BCUT2D eigenvalue weighted by atomic mass is 10.2. The number of nitrogens with one attached hydrogen (secondary N) is 1. The number of ether oxygens (including phenoxy) is 1. The van der Waals surface area contributed by atoms with Gasteiger partial charge in [-0.05, 0) is 49.2 Å². The molecule has 1 amide bonds. The second kappa shape index (κ2) is 8.69. The Bertz CT molecular complexity index is 1200. The zero-order valence-corrected chi connectivity index (χ0v) is 18.1. The number of amides is 1. The van der Waals surface area contributed by atoms with Gasteiger partial charge in [0.25, 0.3) is 0 Å². The second-order valence-corrected chi connectivity index (χ2v) is 9.73. The average Bonchev–Trinajstić information content (AvgIpc) is 3.44. The van der Waals surface area contributed by atoms with Crippen LogP contribution in [-0.2, 0) is 14.8 Å². The van der Waals surface area contributed by atoms with Crippen molar-refractivity contribution in [2.75, 3.05) is 19.0 Å². The zero-order valence-electron chi connectivity index (χ0n) is 16.5. The monoisotopic (exact) mass is 462 g/mol. The Morgan fingerprint density at radius 1 is 1.23 bits per heavy atom. The number of methoxy groups -OCH3 is 1. The van der Waals surface area contributed by atoms with E-state index in [9.17, 15) is 17.6 Å². The molecule has 2 aromatic carbocycles. The number of sulfonamides is 1. The van der Waals surface area contributed by atoms with Gasteiger partial charge in [0.05, 0.1) is 12.0 Å². The lowest BCUT2D eigenvalue weighted by molar-refractivity contribution is -0.119. The SMILES string of the molecule is COc1cccc(-c2nnc(NC(=O)C3CCCN3S(=O)(=O)c3ccc(F)cc3)s2)c1. The third kappa shape index (κ3) is 4.43. The molecule has 4 rings (SSSR count). The number of benzene rings is 2. The number of hydrogen-bond acceptors (Lipinski definition) is 7. The standard InChI is InChI=1S/C20H19FN4O4S2/c1-29-15-5-2-4-13(12-15)19-23-24-20(30-19)22-18(26)17-6-3-11-25(17)31(27,28)16-9-7-14(21)8-10-16/h2,4-5,7-10,12,17H,3,6,11H2,1H3,(H,22,24,26). The van der Waals surface area contributed by atoms with Gasteiger partial charge in [-0.15, -0.1) is 10.2 Å². The summed E-state index contributed by atoms with van der Waals surface area (Å²) in [7, 11) is -2.36. The number of nitrogens with zero attached hydrogens (tertiary/aromatic N) is 3. The molecule has 1 aliphatic rings. The fourth-order valence-electron chi connectivity index (χ4n) is 3.37. The number of hydrogen-bond donors (Lipinski definition) is 1. The molecule has 162 valence electrons. The number of carbonyl (C=O) groups excluding carboxylic acids is 1. The van der Waals surface area contributed by atoms with Gasteiger partial charge in [0.2, 0.25) is 21.1 Å². The first-order valence-corrected chi connectivity index (χ1v) is 11.7. The molecule has 1 aliphatic heterocycles. The van der Waals surface area contributed by atoms with Gasteiger partial charge in [-0.2, -0.15) is 4.31 Å². The number of aromatic nitrogens is 2. The van der Waals surface area contributed by atoms with Crippen LogP contribution in [0, 0.1) is 5.82 Å². The van der Waals surface area contributed by atoms with Crippen molar-refractivity contribution in [3.8, 4) is 16.3 Å². The minimum absolute atomic E-state index is 0.0511. The van der Waals surface area contributed by atoms with Gasteiger partial charge in [0.15, 0.2) is 0 Å². The predicted octanol–water partition coefficient (Wildman–Crippen LogP) is 3.14. The van der Waals surface area contributed by atoms with E-state index >= 15 is 0 Å². The lowest BCUT2D eigenvalue weighted by Crippen LogP contribution is -2.43. The first-order valence-electron chi connectivity index (χ1n) is 9.45. The van der Waals surface area contributed by atoms with Crippen LogP contribution in [0.25, 0.3) is 10.6 Å². The quantitative estimate of drug-likeness (QED) is 0.604. The Morgan fingerprint density at radius 2 is 2.00 bits per heavy atom. The van der Waals surface area contributed by atoms with Crippen molar-refractivity contribution in [2.24, 2.45) is 0 Å². The highest BCUT2D eigenvalue weighted by atomic mass is 32.2. The molecule has 0 spiro atoms. The normalized spacial score (nSPS) is 16.9. The fraction of sp³-hybridized carbons (Fsp3) is 0.250. The molecule has 1 unspecified atom stereocenters. The van der Waals surface area contributed by atoms with Crippen LogP contribution in [0.2, 0.25) is 0 Å². The van der Waals surface area contributed by atoms with E-state index < -0.39 is 27.8 Å². The van der Waals surface area contributed by atoms with Gasteiger partial charge >= 0.3 is 0 Å². The number of rotatable bonds is 6. The van der Waals surface area contributed by atoms with Crippen LogP contribution in [0.5, 0.6) is 5.75 Å². The Balaban J connectivity index is 1.50. The van der Waals surface area contributed by atoms with Crippen molar-refractivity contribution in [2.45, 2.75) is 23.8 Å². The maximum atomic E-state index is 13.2. The maximum absolute atomic E-state index is 13.2. The summed E-state index contributed by atoms with van der Waals surface area (Å²) in [6.45, 7) is 0.211. The highest BCUT2D eigenvalue weighted by Gasteiger charge is 2.39. The van der Waals surface area contributed by atoms with Crippen LogP contribution in [0.3, 0.4) is 0 Å². The summed E-state index contributed by atoms with van der Waals surface area (Å²) in [5.41, 5.74) is 0.790. The average molecular weight is 463 g/mol. The summed E-state index contributed by atoms with van der Waals surface area (Å²) in [4.78, 5) is 12.8. The zero-order chi connectivity index (χ0) is 22.0.